The summed E-state index contributed by atoms with van der Waals surface area (Å²) >= 11 is 0. The van der Waals surface area contributed by atoms with Crippen LogP contribution in [-0.2, 0) is 0 Å². The van der Waals surface area contributed by atoms with Gasteiger partial charge < -0.3 is 10.1 Å². The lowest BCUT2D eigenvalue weighted by Crippen LogP contribution is -1.99. The van der Waals surface area contributed by atoms with Crippen molar-refractivity contribution in [3.8, 4) is 11.6 Å². The van der Waals surface area contributed by atoms with E-state index in [4.69, 9.17) is 4.74 Å². The molecule has 0 atom stereocenters. The lowest BCUT2D eigenvalue weighted by molar-refractivity contribution is -0.387. The van der Waals surface area contributed by atoms with E-state index >= 15 is 0 Å². The van der Waals surface area contributed by atoms with Gasteiger partial charge >= 0.3 is 5.69 Å². The van der Waals surface area contributed by atoms with Crippen LogP contribution in [0.3, 0.4) is 0 Å². The normalized spacial score (nSPS) is 11.1. The summed E-state index contributed by atoms with van der Waals surface area (Å²) in [4.78, 5) is 22.7. The molecule has 0 unspecified atom stereocenters. The van der Waals surface area contributed by atoms with E-state index in [0.717, 1.165) is 17.7 Å². The van der Waals surface area contributed by atoms with Crippen LogP contribution >= 0.6 is 0 Å². The Morgan fingerprint density at radius 1 is 1.12 bits per heavy atom. The van der Waals surface area contributed by atoms with E-state index in [1.54, 1.807) is 28.9 Å². The monoisotopic (exact) mass is 432 g/mol. The minimum absolute atomic E-state index is 0.247. The smallest absolute Gasteiger partial charge is 0.305 e. The average Bonchev–Trinajstić information content (AvgIpc) is 3.23. The first-order valence-corrected chi connectivity index (χ1v) is 9.27. The maximum atomic E-state index is 13.9. The molecule has 0 fully saturated rings. The number of benzene rings is 2. The fourth-order valence-electron chi connectivity index (χ4n) is 3.16. The quantitative estimate of drug-likeness (QED) is 0.323. The van der Waals surface area contributed by atoms with E-state index in [1.165, 1.54) is 12.7 Å². The largest absolute Gasteiger partial charge is 0.439 e. The molecule has 0 aliphatic heterocycles. The lowest BCUT2D eigenvalue weighted by Gasteiger charge is -2.12. The summed E-state index contributed by atoms with van der Waals surface area (Å²) in [5, 5.41) is 22.3. The molecule has 3 aromatic heterocycles. The van der Waals surface area contributed by atoms with Gasteiger partial charge in [0.2, 0.25) is 11.7 Å². The highest BCUT2D eigenvalue weighted by Crippen LogP contribution is 2.31. The molecule has 158 valence electrons. The fourth-order valence-corrected chi connectivity index (χ4v) is 3.16. The Kier molecular flexibility index (Phi) is 4.51. The maximum Gasteiger partial charge on any atom is 0.305 e. The Labute approximate surface area is 178 Å². The van der Waals surface area contributed by atoms with Crippen molar-refractivity contribution in [1.82, 2.24) is 29.5 Å². The highest BCUT2D eigenvalue weighted by Gasteiger charge is 2.18. The first-order valence-electron chi connectivity index (χ1n) is 9.27. The van der Waals surface area contributed by atoms with Gasteiger partial charge in [-0.3, -0.25) is 14.5 Å². The van der Waals surface area contributed by atoms with Crippen molar-refractivity contribution in [2.45, 2.75) is 6.92 Å². The third-order valence-corrected chi connectivity index (χ3v) is 4.72. The second kappa shape index (κ2) is 7.50. The summed E-state index contributed by atoms with van der Waals surface area (Å²) < 4.78 is 21.4. The molecule has 0 saturated heterocycles. The van der Waals surface area contributed by atoms with Gasteiger partial charge in [0.05, 0.1) is 15.8 Å². The van der Waals surface area contributed by atoms with E-state index in [-0.39, 0.29) is 5.52 Å². The second-order valence-electron chi connectivity index (χ2n) is 6.83. The topological polar surface area (TPSA) is 133 Å². The molecule has 0 bridgehead atoms. The molecule has 0 spiro atoms. The van der Waals surface area contributed by atoms with Gasteiger partial charge in [-0.2, -0.15) is 4.39 Å². The SMILES string of the molecule is Cc1cc(Nc2ncnc3cc(F)c([N+](=O)[O-])cc23)ccc1Oc1cc2nncn2cn1. The Morgan fingerprint density at radius 2 is 2.00 bits per heavy atom. The van der Waals surface area contributed by atoms with Crippen molar-refractivity contribution >= 4 is 33.7 Å². The Hall–Kier alpha value is -4.74. The van der Waals surface area contributed by atoms with Crippen LogP contribution in [0.2, 0.25) is 0 Å². The highest BCUT2D eigenvalue weighted by atomic mass is 19.1. The number of hydrogen-bond donors (Lipinski definition) is 1. The molecule has 0 saturated carbocycles. The average molecular weight is 432 g/mol. The van der Waals surface area contributed by atoms with Crippen molar-refractivity contribution in [3.63, 3.8) is 0 Å². The number of nitrogens with zero attached hydrogens (tertiary/aromatic N) is 7. The minimum Gasteiger partial charge on any atom is -0.439 e. The van der Waals surface area contributed by atoms with Crippen LogP contribution in [0.15, 0.2) is 55.4 Å². The molecule has 0 aliphatic rings. The standard InChI is InChI=1S/C20H13FN8O3/c1-11-4-12(2-3-17(11)32-19-7-18-27-25-10-28(18)9-24-19)26-20-13-5-16(29(30)31)14(21)6-15(13)22-8-23-20/h2-10H,1H3,(H,22,23,26). The summed E-state index contributed by atoms with van der Waals surface area (Å²) in [5.41, 5.74) is 1.66. The number of aromatic nitrogens is 6. The lowest BCUT2D eigenvalue weighted by atomic mass is 10.1. The highest BCUT2D eigenvalue weighted by molar-refractivity contribution is 5.92. The van der Waals surface area contributed by atoms with Crippen LogP contribution in [0, 0.1) is 22.9 Å². The molecule has 1 N–H and O–H groups in total. The zero-order chi connectivity index (χ0) is 22.2. The molecule has 0 amide bonds. The van der Waals surface area contributed by atoms with Crippen LogP contribution < -0.4 is 10.1 Å². The predicted molar refractivity (Wildman–Crippen MR) is 111 cm³/mol. The first kappa shape index (κ1) is 19.2. The van der Waals surface area contributed by atoms with E-state index in [1.807, 2.05) is 13.0 Å². The molecule has 32 heavy (non-hydrogen) atoms. The molecule has 11 nitrogen and oxygen atoms in total. The van der Waals surface area contributed by atoms with Gasteiger partial charge in [-0.15, -0.1) is 10.2 Å². The van der Waals surface area contributed by atoms with E-state index < -0.39 is 16.4 Å². The van der Waals surface area contributed by atoms with Crippen LogP contribution in [0.4, 0.5) is 21.6 Å². The Morgan fingerprint density at radius 3 is 2.81 bits per heavy atom. The van der Waals surface area contributed by atoms with E-state index in [9.17, 15) is 14.5 Å². The first-order chi connectivity index (χ1) is 15.5. The molecule has 12 heteroatoms. The molecular weight excluding hydrogens is 419 g/mol. The molecule has 5 rings (SSSR count). The maximum absolute atomic E-state index is 13.9. The van der Waals surface area contributed by atoms with Gasteiger partial charge in [-0.25, -0.2) is 15.0 Å². The molecule has 0 radical (unpaired) electrons. The second-order valence-corrected chi connectivity index (χ2v) is 6.83. The van der Waals surface area contributed by atoms with E-state index in [2.05, 4.69) is 30.5 Å². The summed E-state index contributed by atoms with van der Waals surface area (Å²) in [6.45, 7) is 1.86. The van der Waals surface area contributed by atoms with Gasteiger partial charge in [0.15, 0.2) is 5.65 Å². The van der Waals surface area contributed by atoms with Crippen LogP contribution in [0.1, 0.15) is 5.56 Å². The van der Waals surface area contributed by atoms with Crippen molar-refractivity contribution in [3.05, 3.63) is 76.9 Å². The number of rotatable bonds is 5. The minimum atomic E-state index is -0.956. The fraction of sp³-hybridized carbons (Fsp3) is 0.0500. The zero-order valence-electron chi connectivity index (χ0n) is 16.4. The zero-order valence-corrected chi connectivity index (χ0v) is 16.4. The number of fused-ring (bicyclic) bond motifs is 2. The molecular formula is C20H13FN8O3. The third kappa shape index (κ3) is 3.49. The number of halogens is 1. The number of anilines is 2. The number of aryl methyl sites for hydroxylation is 1. The van der Waals surface area contributed by atoms with Crippen molar-refractivity contribution in [2.24, 2.45) is 0 Å². The van der Waals surface area contributed by atoms with Crippen LogP contribution in [-0.4, -0.2) is 34.5 Å². The Balaban J connectivity index is 1.43. The van der Waals surface area contributed by atoms with Crippen molar-refractivity contribution in [2.75, 3.05) is 5.32 Å². The summed E-state index contributed by atoms with van der Waals surface area (Å²) in [6, 6.07) is 9.11. The third-order valence-electron chi connectivity index (χ3n) is 4.72. The summed E-state index contributed by atoms with van der Waals surface area (Å²) in [6.07, 6.45) is 4.35. The summed E-state index contributed by atoms with van der Waals surface area (Å²) in [7, 11) is 0. The van der Waals surface area contributed by atoms with Crippen molar-refractivity contribution in [1.29, 1.82) is 0 Å². The number of nitro benzene ring substituents is 1. The predicted octanol–water partition coefficient (Wildman–Crippen LogP) is 3.96. The van der Waals surface area contributed by atoms with Gasteiger partial charge in [0, 0.05) is 23.9 Å². The Bertz CT molecular complexity index is 1500. The molecule has 5 aromatic rings. The van der Waals surface area contributed by atoms with Crippen LogP contribution in [0.25, 0.3) is 16.6 Å². The summed E-state index contributed by atoms with van der Waals surface area (Å²) in [5.74, 6) is 0.301. The number of hydrogen-bond acceptors (Lipinski definition) is 9. The van der Waals surface area contributed by atoms with Gasteiger partial charge in [-0.05, 0) is 30.7 Å². The number of nitrogens with one attached hydrogen (secondary N) is 1. The van der Waals surface area contributed by atoms with Gasteiger partial charge in [0.25, 0.3) is 0 Å². The number of ether oxygens (including phenoxy) is 1. The van der Waals surface area contributed by atoms with E-state index in [0.29, 0.717) is 34.2 Å². The molecule has 3 heterocycles. The van der Waals surface area contributed by atoms with Gasteiger partial charge in [-0.1, -0.05) is 0 Å². The molecule has 0 aliphatic carbocycles. The number of nitro groups is 1. The van der Waals surface area contributed by atoms with Crippen LogP contribution in [0.5, 0.6) is 11.6 Å². The van der Waals surface area contributed by atoms with Crippen molar-refractivity contribution < 1.29 is 14.1 Å². The van der Waals surface area contributed by atoms with Gasteiger partial charge in [0.1, 0.15) is 30.5 Å². The molecule has 2 aromatic carbocycles.